The normalized spacial score (nSPS) is 10.5. The SMILES string of the molecule is CC(C)c1c[nH]c(=O)cc1F. The fourth-order valence-electron chi connectivity index (χ4n) is 0.900. The summed E-state index contributed by atoms with van der Waals surface area (Å²) >= 11 is 0. The lowest BCUT2D eigenvalue weighted by molar-refractivity contribution is 0.593. The monoisotopic (exact) mass is 155 g/mol. The van der Waals surface area contributed by atoms with Gasteiger partial charge in [0.05, 0.1) is 0 Å². The van der Waals surface area contributed by atoms with Crippen LogP contribution in [0.2, 0.25) is 0 Å². The maximum absolute atomic E-state index is 12.9. The summed E-state index contributed by atoms with van der Waals surface area (Å²) in [7, 11) is 0. The first kappa shape index (κ1) is 7.98. The molecular weight excluding hydrogens is 145 g/mol. The molecule has 0 aliphatic heterocycles. The molecule has 0 aliphatic carbocycles. The van der Waals surface area contributed by atoms with Crippen LogP contribution in [0.4, 0.5) is 4.39 Å². The summed E-state index contributed by atoms with van der Waals surface area (Å²) in [6.45, 7) is 3.74. The van der Waals surface area contributed by atoms with Crippen molar-refractivity contribution in [2.45, 2.75) is 19.8 Å². The molecule has 1 aromatic rings. The highest BCUT2D eigenvalue weighted by molar-refractivity contribution is 5.15. The maximum atomic E-state index is 12.9. The van der Waals surface area contributed by atoms with Gasteiger partial charge in [0, 0.05) is 17.8 Å². The largest absolute Gasteiger partial charge is 0.329 e. The second kappa shape index (κ2) is 2.86. The summed E-state index contributed by atoms with van der Waals surface area (Å²) in [6, 6.07) is 0.968. The van der Waals surface area contributed by atoms with Crippen LogP contribution < -0.4 is 5.56 Å². The Hall–Kier alpha value is -1.12. The van der Waals surface area contributed by atoms with Crippen LogP contribution >= 0.6 is 0 Å². The highest BCUT2D eigenvalue weighted by Gasteiger charge is 2.05. The summed E-state index contributed by atoms with van der Waals surface area (Å²) < 4.78 is 12.9. The van der Waals surface area contributed by atoms with Gasteiger partial charge in [0.25, 0.3) is 5.56 Å². The predicted octanol–water partition coefficient (Wildman–Crippen LogP) is 1.64. The van der Waals surface area contributed by atoms with Crippen molar-refractivity contribution in [3.8, 4) is 0 Å². The number of halogens is 1. The fraction of sp³-hybridized carbons (Fsp3) is 0.375. The molecule has 0 spiro atoms. The molecule has 2 nitrogen and oxygen atoms in total. The molecule has 0 saturated heterocycles. The van der Waals surface area contributed by atoms with Crippen LogP contribution in [0.3, 0.4) is 0 Å². The van der Waals surface area contributed by atoms with Crippen LogP contribution in [0.5, 0.6) is 0 Å². The molecule has 1 aromatic heterocycles. The summed E-state index contributed by atoms with van der Waals surface area (Å²) in [4.78, 5) is 13.0. The number of rotatable bonds is 1. The molecular formula is C8H10FNO. The van der Waals surface area contributed by atoms with Crippen molar-refractivity contribution in [1.29, 1.82) is 0 Å². The summed E-state index contributed by atoms with van der Waals surface area (Å²) in [5.74, 6) is -0.324. The topological polar surface area (TPSA) is 32.9 Å². The zero-order valence-corrected chi connectivity index (χ0v) is 6.52. The van der Waals surface area contributed by atoms with E-state index in [9.17, 15) is 9.18 Å². The van der Waals surface area contributed by atoms with E-state index >= 15 is 0 Å². The van der Waals surface area contributed by atoms with E-state index in [1.807, 2.05) is 13.8 Å². The van der Waals surface area contributed by atoms with E-state index in [-0.39, 0.29) is 5.92 Å². The average Bonchev–Trinajstić information content (AvgIpc) is 1.85. The number of aromatic amines is 1. The van der Waals surface area contributed by atoms with Crippen LogP contribution in [0, 0.1) is 5.82 Å². The molecule has 1 rings (SSSR count). The standard InChI is InChI=1S/C8H10FNO/c1-5(2)6-4-10-8(11)3-7(6)9/h3-5H,1-2H3,(H,10,11). The molecule has 0 amide bonds. The summed E-state index contributed by atoms with van der Waals surface area (Å²) in [6.07, 6.45) is 1.42. The number of aromatic nitrogens is 1. The van der Waals surface area contributed by atoms with Gasteiger partial charge >= 0.3 is 0 Å². The minimum absolute atomic E-state index is 0.104. The first-order valence-electron chi connectivity index (χ1n) is 3.49. The van der Waals surface area contributed by atoms with Gasteiger partial charge in [0.2, 0.25) is 0 Å². The number of nitrogens with one attached hydrogen (secondary N) is 1. The molecule has 60 valence electrons. The first-order valence-corrected chi connectivity index (χ1v) is 3.49. The van der Waals surface area contributed by atoms with Gasteiger partial charge in [-0.25, -0.2) is 4.39 Å². The Kier molecular flexibility index (Phi) is 2.08. The third kappa shape index (κ3) is 1.67. The van der Waals surface area contributed by atoms with Gasteiger partial charge in [0.15, 0.2) is 0 Å². The Morgan fingerprint density at radius 1 is 1.55 bits per heavy atom. The Bertz CT molecular complexity index is 303. The zero-order chi connectivity index (χ0) is 8.43. The van der Waals surface area contributed by atoms with Gasteiger partial charge in [-0.05, 0) is 5.92 Å². The van der Waals surface area contributed by atoms with Crippen molar-refractivity contribution in [3.63, 3.8) is 0 Å². The second-order valence-electron chi connectivity index (χ2n) is 2.76. The summed E-state index contributed by atoms with van der Waals surface area (Å²) in [5.41, 5.74) is 0.150. The molecule has 0 fully saturated rings. The van der Waals surface area contributed by atoms with Crippen LogP contribution in [0.1, 0.15) is 25.3 Å². The molecule has 0 aliphatic rings. The highest BCUT2D eigenvalue weighted by atomic mass is 19.1. The molecule has 0 unspecified atom stereocenters. The van der Waals surface area contributed by atoms with Crippen molar-refractivity contribution >= 4 is 0 Å². The molecule has 1 heterocycles. The quantitative estimate of drug-likeness (QED) is 0.657. The van der Waals surface area contributed by atoms with E-state index < -0.39 is 11.4 Å². The minimum atomic E-state index is -0.427. The van der Waals surface area contributed by atoms with E-state index in [0.29, 0.717) is 5.56 Å². The van der Waals surface area contributed by atoms with E-state index in [2.05, 4.69) is 4.98 Å². The smallest absolute Gasteiger partial charge is 0.250 e. The maximum Gasteiger partial charge on any atom is 0.250 e. The Morgan fingerprint density at radius 3 is 2.64 bits per heavy atom. The highest BCUT2D eigenvalue weighted by Crippen LogP contribution is 2.14. The molecule has 3 heteroatoms. The average molecular weight is 155 g/mol. The van der Waals surface area contributed by atoms with Crippen LogP contribution in [-0.4, -0.2) is 4.98 Å². The lowest BCUT2D eigenvalue weighted by Crippen LogP contribution is -2.07. The third-order valence-corrected chi connectivity index (χ3v) is 1.53. The Labute approximate surface area is 64.1 Å². The van der Waals surface area contributed by atoms with Crippen molar-refractivity contribution in [3.05, 3.63) is 34.0 Å². The fourth-order valence-corrected chi connectivity index (χ4v) is 0.900. The van der Waals surface area contributed by atoms with Crippen molar-refractivity contribution < 1.29 is 4.39 Å². The number of pyridine rings is 1. The van der Waals surface area contributed by atoms with E-state index in [0.717, 1.165) is 6.07 Å². The molecule has 1 N–H and O–H groups in total. The summed E-state index contributed by atoms with van der Waals surface area (Å²) in [5, 5.41) is 0. The lowest BCUT2D eigenvalue weighted by atomic mass is 10.1. The van der Waals surface area contributed by atoms with Crippen molar-refractivity contribution in [2.24, 2.45) is 0 Å². The molecule has 11 heavy (non-hydrogen) atoms. The van der Waals surface area contributed by atoms with E-state index in [1.165, 1.54) is 6.20 Å². The minimum Gasteiger partial charge on any atom is -0.329 e. The van der Waals surface area contributed by atoms with Crippen LogP contribution in [-0.2, 0) is 0 Å². The van der Waals surface area contributed by atoms with Crippen LogP contribution in [0.15, 0.2) is 17.1 Å². The molecule has 0 saturated carbocycles. The Balaban J connectivity index is 3.20. The Morgan fingerprint density at radius 2 is 2.18 bits per heavy atom. The van der Waals surface area contributed by atoms with Crippen molar-refractivity contribution in [1.82, 2.24) is 4.98 Å². The number of H-pyrrole nitrogens is 1. The zero-order valence-electron chi connectivity index (χ0n) is 6.52. The molecule has 0 atom stereocenters. The van der Waals surface area contributed by atoms with Crippen LogP contribution in [0.25, 0.3) is 0 Å². The van der Waals surface area contributed by atoms with Gasteiger partial charge in [0.1, 0.15) is 5.82 Å². The molecule has 0 bridgehead atoms. The number of hydrogen-bond donors (Lipinski definition) is 1. The molecule has 0 aromatic carbocycles. The van der Waals surface area contributed by atoms with E-state index in [4.69, 9.17) is 0 Å². The van der Waals surface area contributed by atoms with Gasteiger partial charge < -0.3 is 4.98 Å². The third-order valence-electron chi connectivity index (χ3n) is 1.53. The predicted molar refractivity (Wildman–Crippen MR) is 41.1 cm³/mol. The van der Waals surface area contributed by atoms with Crippen molar-refractivity contribution in [2.75, 3.05) is 0 Å². The van der Waals surface area contributed by atoms with Gasteiger partial charge in [-0.2, -0.15) is 0 Å². The van der Waals surface area contributed by atoms with Gasteiger partial charge in [-0.3, -0.25) is 4.79 Å². The molecule has 0 radical (unpaired) electrons. The van der Waals surface area contributed by atoms with E-state index in [1.54, 1.807) is 0 Å². The van der Waals surface area contributed by atoms with Gasteiger partial charge in [-0.1, -0.05) is 13.8 Å². The first-order chi connectivity index (χ1) is 5.11. The number of hydrogen-bond acceptors (Lipinski definition) is 1. The second-order valence-corrected chi connectivity index (χ2v) is 2.76. The lowest BCUT2D eigenvalue weighted by Gasteiger charge is -2.04. The van der Waals surface area contributed by atoms with Gasteiger partial charge in [-0.15, -0.1) is 0 Å².